The number of ether oxygens (including phenoxy) is 1. The molecule has 2 rings (SSSR count). The summed E-state index contributed by atoms with van der Waals surface area (Å²) in [5.74, 6) is 1.46. The maximum absolute atomic E-state index is 11.4. The summed E-state index contributed by atoms with van der Waals surface area (Å²) in [5, 5.41) is 3.51. The van der Waals surface area contributed by atoms with Crippen molar-refractivity contribution in [3.05, 3.63) is 29.8 Å². The third-order valence-corrected chi connectivity index (χ3v) is 5.37. The molecule has 1 saturated heterocycles. The maximum Gasteiger partial charge on any atom is 0.150 e. The topological polar surface area (TPSA) is 55.4 Å². The van der Waals surface area contributed by atoms with Crippen molar-refractivity contribution in [1.29, 1.82) is 0 Å². The first kappa shape index (κ1) is 14.3. The number of benzene rings is 1. The highest BCUT2D eigenvalue weighted by atomic mass is 32.2. The summed E-state index contributed by atoms with van der Waals surface area (Å²) < 4.78 is 27.9. The molecule has 1 fully saturated rings. The summed E-state index contributed by atoms with van der Waals surface area (Å²) in [6, 6.07) is 8.47. The summed E-state index contributed by atoms with van der Waals surface area (Å²) in [5.41, 5.74) is 1.19. The van der Waals surface area contributed by atoms with E-state index in [0.29, 0.717) is 30.4 Å². The van der Waals surface area contributed by atoms with Gasteiger partial charge in [-0.2, -0.15) is 0 Å². The van der Waals surface area contributed by atoms with Crippen molar-refractivity contribution in [3.8, 4) is 5.75 Å². The molecular weight excluding hydrogens is 262 g/mol. The SMILES string of the molecule is COc1ccc([C@H](C)NC2CCS(=O)(=O)CC2)cc1. The van der Waals surface area contributed by atoms with Crippen molar-refractivity contribution >= 4 is 9.84 Å². The van der Waals surface area contributed by atoms with Gasteiger partial charge in [0.25, 0.3) is 0 Å². The highest BCUT2D eigenvalue weighted by Crippen LogP contribution is 2.20. The van der Waals surface area contributed by atoms with Gasteiger partial charge in [0.1, 0.15) is 15.6 Å². The molecule has 0 bridgehead atoms. The molecule has 1 aliphatic heterocycles. The minimum atomic E-state index is -2.78. The third kappa shape index (κ3) is 3.94. The van der Waals surface area contributed by atoms with Gasteiger partial charge < -0.3 is 10.1 Å². The van der Waals surface area contributed by atoms with Gasteiger partial charge in [0.2, 0.25) is 0 Å². The Bertz CT molecular complexity index is 496. The molecular formula is C14H21NO3S. The van der Waals surface area contributed by atoms with Crippen LogP contribution < -0.4 is 10.1 Å². The zero-order valence-corrected chi connectivity index (χ0v) is 12.2. The quantitative estimate of drug-likeness (QED) is 0.917. The summed E-state index contributed by atoms with van der Waals surface area (Å²) in [7, 11) is -1.13. The van der Waals surface area contributed by atoms with E-state index in [1.807, 2.05) is 24.3 Å². The molecule has 1 aromatic carbocycles. The van der Waals surface area contributed by atoms with Gasteiger partial charge in [0.05, 0.1) is 18.6 Å². The standard InChI is InChI=1S/C14H21NO3S/c1-11(12-3-5-14(18-2)6-4-12)15-13-7-9-19(16,17)10-8-13/h3-6,11,13,15H,7-10H2,1-2H3/t11-/m0/s1. The van der Waals surface area contributed by atoms with Gasteiger partial charge in [-0.05, 0) is 37.5 Å². The highest BCUT2D eigenvalue weighted by Gasteiger charge is 2.24. The predicted molar refractivity (Wildman–Crippen MR) is 76.2 cm³/mol. The van der Waals surface area contributed by atoms with E-state index < -0.39 is 9.84 Å². The van der Waals surface area contributed by atoms with Gasteiger partial charge in [0.15, 0.2) is 0 Å². The number of sulfone groups is 1. The monoisotopic (exact) mass is 283 g/mol. The van der Waals surface area contributed by atoms with E-state index in [-0.39, 0.29) is 6.04 Å². The average molecular weight is 283 g/mol. The Morgan fingerprint density at radius 1 is 1.21 bits per heavy atom. The number of methoxy groups -OCH3 is 1. The molecule has 0 amide bonds. The summed E-state index contributed by atoms with van der Waals surface area (Å²) in [4.78, 5) is 0. The summed E-state index contributed by atoms with van der Waals surface area (Å²) >= 11 is 0. The Kier molecular flexibility index (Phi) is 4.47. The second-order valence-corrected chi connectivity index (χ2v) is 7.39. The lowest BCUT2D eigenvalue weighted by Crippen LogP contribution is -2.38. The first-order valence-corrected chi connectivity index (χ1v) is 8.43. The van der Waals surface area contributed by atoms with Gasteiger partial charge in [-0.1, -0.05) is 12.1 Å². The van der Waals surface area contributed by atoms with Gasteiger partial charge in [-0.3, -0.25) is 0 Å². The molecule has 0 aromatic heterocycles. The van der Waals surface area contributed by atoms with E-state index in [4.69, 9.17) is 4.74 Å². The van der Waals surface area contributed by atoms with Crippen molar-refractivity contribution in [3.63, 3.8) is 0 Å². The number of rotatable bonds is 4. The van der Waals surface area contributed by atoms with Crippen molar-refractivity contribution in [2.75, 3.05) is 18.6 Å². The third-order valence-electron chi connectivity index (χ3n) is 3.66. The molecule has 0 radical (unpaired) electrons. The smallest absolute Gasteiger partial charge is 0.150 e. The zero-order chi connectivity index (χ0) is 13.9. The molecule has 106 valence electrons. The first-order chi connectivity index (χ1) is 9.00. The number of hydrogen-bond acceptors (Lipinski definition) is 4. The summed E-state index contributed by atoms with van der Waals surface area (Å²) in [6.45, 7) is 2.10. The molecule has 1 atom stereocenters. The van der Waals surface area contributed by atoms with Crippen molar-refractivity contribution in [2.45, 2.75) is 31.8 Å². The van der Waals surface area contributed by atoms with E-state index in [2.05, 4.69) is 12.2 Å². The van der Waals surface area contributed by atoms with E-state index in [1.165, 1.54) is 5.56 Å². The zero-order valence-electron chi connectivity index (χ0n) is 11.4. The lowest BCUT2D eigenvalue weighted by atomic mass is 10.1. The summed E-state index contributed by atoms with van der Waals surface area (Å²) in [6.07, 6.45) is 1.42. The predicted octanol–water partition coefficient (Wildman–Crippen LogP) is 1.92. The Morgan fingerprint density at radius 2 is 1.79 bits per heavy atom. The second-order valence-electron chi connectivity index (χ2n) is 5.09. The number of hydrogen-bond donors (Lipinski definition) is 1. The van der Waals surface area contributed by atoms with Gasteiger partial charge in [-0.15, -0.1) is 0 Å². The van der Waals surface area contributed by atoms with Crippen LogP contribution in [-0.4, -0.2) is 33.1 Å². The fourth-order valence-corrected chi connectivity index (χ4v) is 3.89. The van der Waals surface area contributed by atoms with Crippen LogP contribution in [0.5, 0.6) is 5.75 Å². The molecule has 0 saturated carbocycles. The maximum atomic E-state index is 11.4. The molecule has 0 aliphatic carbocycles. The molecule has 5 heteroatoms. The largest absolute Gasteiger partial charge is 0.497 e. The van der Waals surface area contributed by atoms with E-state index in [9.17, 15) is 8.42 Å². The van der Waals surface area contributed by atoms with Gasteiger partial charge >= 0.3 is 0 Å². The molecule has 1 N–H and O–H groups in total. The fourth-order valence-electron chi connectivity index (χ4n) is 2.40. The molecule has 0 unspecified atom stereocenters. The van der Waals surface area contributed by atoms with Crippen molar-refractivity contribution in [1.82, 2.24) is 5.32 Å². The van der Waals surface area contributed by atoms with Crippen LogP contribution in [0.1, 0.15) is 31.4 Å². The Labute approximate surface area is 115 Å². The van der Waals surface area contributed by atoms with Crippen LogP contribution in [0.3, 0.4) is 0 Å². The van der Waals surface area contributed by atoms with Crippen LogP contribution in [0.4, 0.5) is 0 Å². The van der Waals surface area contributed by atoms with Crippen LogP contribution in [-0.2, 0) is 9.84 Å². The Morgan fingerprint density at radius 3 is 2.32 bits per heavy atom. The minimum absolute atomic E-state index is 0.219. The molecule has 1 aliphatic rings. The van der Waals surface area contributed by atoms with E-state index in [0.717, 1.165) is 5.75 Å². The molecule has 1 aromatic rings. The van der Waals surface area contributed by atoms with Crippen LogP contribution >= 0.6 is 0 Å². The molecule has 1 heterocycles. The van der Waals surface area contributed by atoms with E-state index >= 15 is 0 Å². The molecule has 4 nitrogen and oxygen atoms in total. The normalized spacial score (nSPS) is 20.9. The number of nitrogens with one attached hydrogen (secondary N) is 1. The Hall–Kier alpha value is -1.07. The van der Waals surface area contributed by atoms with Gasteiger partial charge in [-0.25, -0.2) is 8.42 Å². The van der Waals surface area contributed by atoms with E-state index in [1.54, 1.807) is 7.11 Å². The molecule has 0 spiro atoms. The lowest BCUT2D eigenvalue weighted by Gasteiger charge is -2.27. The Balaban J connectivity index is 1.91. The fraction of sp³-hybridized carbons (Fsp3) is 0.571. The lowest BCUT2D eigenvalue weighted by molar-refractivity contribution is 0.411. The van der Waals surface area contributed by atoms with Crippen LogP contribution in [0.25, 0.3) is 0 Å². The first-order valence-electron chi connectivity index (χ1n) is 6.60. The highest BCUT2D eigenvalue weighted by molar-refractivity contribution is 7.91. The van der Waals surface area contributed by atoms with Crippen molar-refractivity contribution in [2.24, 2.45) is 0 Å². The molecule has 19 heavy (non-hydrogen) atoms. The average Bonchev–Trinajstić information content (AvgIpc) is 2.41. The van der Waals surface area contributed by atoms with Crippen LogP contribution in [0.2, 0.25) is 0 Å². The van der Waals surface area contributed by atoms with Gasteiger partial charge in [0, 0.05) is 12.1 Å². The van der Waals surface area contributed by atoms with Crippen LogP contribution in [0.15, 0.2) is 24.3 Å². The second kappa shape index (κ2) is 5.92. The minimum Gasteiger partial charge on any atom is -0.497 e. The van der Waals surface area contributed by atoms with Crippen LogP contribution in [0, 0.1) is 0 Å². The van der Waals surface area contributed by atoms with Crippen molar-refractivity contribution < 1.29 is 13.2 Å².